The molecule has 92 valence electrons. The van der Waals surface area contributed by atoms with Gasteiger partial charge in [0, 0.05) is 11.1 Å². The summed E-state index contributed by atoms with van der Waals surface area (Å²) in [5, 5.41) is 0.947. The highest BCUT2D eigenvalue weighted by molar-refractivity contribution is 9.09. The second kappa shape index (κ2) is 6.24. The Kier molecular flexibility index (Phi) is 6.41. The van der Waals surface area contributed by atoms with Gasteiger partial charge >= 0.3 is 0 Å². The van der Waals surface area contributed by atoms with Crippen LogP contribution in [0, 0.1) is 11.3 Å². The van der Waals surface area contributed by atoms with Gasteiger partial charge in [0.1, 0.15) is 9.84 Å². The lowest BCUT2D eigenvalue weighted by atomic mass is 9.79. The van der Waals surface area contributed by atoms with E-state index in [0.717, 1.165) is 18.2 Å². The zero-order valence-electron chi connectivity index (χ0n) is 10.2. The molecule has 0 bridgehead atoms. The topological polar surface area (TPSA) is 34.1 Å². The Morgan fingerprint density at radius 1 is 1.27 bits per heavy atom. The molecule has 0 aromatic carbocycles. The van der Waals surface area contributed by atoms with Crippen molar-refractivity contribution in [2.75, 3.05) is 16.8 Å². The van der Waals surface area contributed by atoms with Crippen LogP contribution in [0.25, 0.3) is 0 Å². The summed E-state index contributed by atoms with van der Waals surface area (Å²) in [6, 6.07) is 0. The molecule has 0 aliphatic carbocycles. The van der Waals surface area contributed by atoms with Crippen molar-refractivity contribution in [3.8, 4) is 0 Å². The Bertz CT molecular complexity index is 265. The molecule has 0 saturated heterocycles. The Hall–Kier alpha value is 0.430. The van der Waals surface area contributed by atoms with Gasteiger partial charge in [-0.25, -0.2) is 8.42 Å². The van der Waals surface area contributed by atoms with Crippen LogP contribution in [0.1, 0.15) is 40.5 Å². The van der Waals surface area contributed by atoms with Crippen molar-refractivity contribution in [2.24, 2.45) is 11.3 Å². The van der Waals surface area contributed by atoms with E-state index in [-0.39, 0.29) is 11.2 Å². The predicted molar refractivity (Wildman–Crippen MR) is 70.3 cm³/mol. The number of hydrogen-bond acceptors (Lipinski definition) is 2. The van der Waals surface area contributed by atoms with Crippen LogP contribution in [0.5, 0.6) is 0 Å². The quantitative estimate of drug-likeness (QED) is 0.705. The number of sulfone groups is 1. The van der Waals surface area contributed by atoms with Crippen molar-refractivity contribution in [3.05, 3.63) is 0 Å². The van der Waals surface area contributed by atoms with Crippen LogP contribution in [-0.2, 0) is 9.84 Å². The molecule has 0 N–H and O–H groups in total. The smallest absolute Gasteiger partial charge is 0.150 e. The highest BCUT2D eigenvalue weighted by atomic mass is 79.9. The van der Waals surface area contributed by atoms with Gasteiger partial charge in [-0.3, -0.25) is 0 Å². The molecule has 0 aliphatic heterocycles. The van der Waals surface area contributed by atoms with E-state index in [4.69, 9.17) is 0 Å². The maximum atomic E-state index is 11.3. The summed E-state index contributed by atoms with van der Waals surface area (Å²) in [5.41, 5.74) is 0.249. The van der Waals surface area contributed by atoms with Gasteiger partial charge in [-0.05, 0) is 24.2 Å². The van der Waals surface area contributed by atoms with E-state index in [9.17, 15) is 8.42 Å². The van der Waals surface area contributed by atoms with E-state index < -0.39 is 9.84 Å². The van der Waals surface area contributed by atoms with Crippen LogP contribution >= 0.6 is 15.9 Å². The fourth-order valence-electron chi connectivity index (χ4n) is 1.44. The van der Waals surface area contributed by atoms with E-state index in [1.165, 1.54) is 0 Å². The maximum Gasteiger partial charge on any atom is 0.150 e. The van der Waals surface area contributed by atoms with Crippen LogP contribution < -0.4 is 0 Å². The van der Waals surface area contributed by atoms with Crippen molar-refractivity contribution in [1.82, 2.24) is 0 Å². The van der Waals surface area contributed by atoms with E-state index in [2.05, 4.69) is 36.7 Å². The van der Waals surface area contributed by atoms with Gasteiger partial charge in [0.05, 0.1) is 5.75 Å². The van der Waals surface area contributed by atoms with Crippen LogP contribution in [0.2, 0.25) is 0 Å². The molecule has 0 fully saturated rings. The molecule has 0 radical (unpaired) electrons. The molecule has 0 aliphatic rings. The Morgan fingerprint density at radius 2 is 1.80 bits per heavy atom. The third kappa shape index (κ3) is 6.56. The summed E-state index contributed by atoms with van der Waals surface area (Å²) in [6.45, 7) is 8.31. The Labute approximate surface area is 103 Å². The summed E-state index contributed by atoms with van der Waals surface area (Å²) in [7, 11) is -2.78. The molecule has 0 heterocycles. The molecule has 2 nitrogen and oxygen atoms in total. The fourth-order valence-corrected chi connectivity index (χ4v) is 3.63. The minimum atomic E-state index is -2.78. The molecule has 0 amide bonds. The van der Waals surface area contributed by atoms with Crippen molar-refractivity contribution in [2.45, 2.75) is 40.5 Å². The van der Waals surface area contributed by atoms with Gasteiger partial charge in [-0.2, -0.15) is 0 Å². The largest absolute Gasteiger partial charge is 0.229 e. The summed E-state index contributed by atoms with van der Waals surface area (Å²) < 4.78 is 22.6. The first-order chi connectivity index (χ1) is 6.73. The minimum absolute atomic E-state index is 0.249. The van der Waals surface area contributed by atoms with E-state index >= 15 is 0 Å². The molecule has 0 rings (SSSR count). The third-order valence-electron chi connectivity index (χ3n) is 2.86. The van der Waals surface area contributed by atoms with E-state index in [1.807, 2.05) is 0 Å². The number of halogens is 1. The molecular weight excluding hydrogens is 276 g/mol. The lowest BCUT2D eigenvalue weighted by molar-refractivity contribution is 0.252. The van der Waals surface area contributed by atoms with Gasteiger partial charge in [-0.15, -0.1) is 0 Å². The fraction of sp³-hybridized carbons (Fsp3) is 1.00. The average Bonchev–Trinajstić information content (AvgIpc) is 2.10. The average molecular weight is 299 g/mol. The molecule has 0 spiro atoms. The molecular formula is C11H23BrO2S. The monoisotopic (exact) mass is 298 g/mol. The van der Waals surface area contributed by atoms with Gasteiger partial charge in [0.2, 0.25) is 0 Å². The molecule has 0 aromatic rings. The van der Waals surface area contributed by atoms with Crippen LogP contribution in [0.4, 0.5) is 0 Å². The first-order valence-electron chi connectivity index (χ1n) is 5.49. The summed E-state index contributed by atoms with van der Waals surface area (Å²) >= 11 is 3.50. The van der Waals surface area contributed by atoms with Gasteiger partial charge in [-0.1, -0.05) is 43.6 Å². The van der Waals surface area contributed by atoms with Gasteiger partial charge < -0.3 is 0 Å². The zero-order chi connectivity index (χ0) is 12.1. The second-order valence-corrected chi connectivity index (χ2v) is 8.22. The molecule has 4 heteroatoms. The Morgan fingerprint density at radius 3 is 2.13 bits per heavy atom. The molecule has 0 aromatic heterocycles. The predicted octanol–water partition coefficient (Wildman–Crippen LogP) is 3.26. The number of hydrogen-bond donors (Lipinski definition) is 0. The molecule has 1 unspecified atom stereocenters. The van der Waals surface area contributed by atoms with Crippen LogP contribution in [0.15, 0.2) is 0 Å². The second-order valence-electron chi connectivity index (χ2n) is 5.10. The van der Waals surface area contributed by atoms with Crippen molar-refractivity contribution in [1.29, 1.82) is 0 Å². The SMILES string of the molecule is CCS(=O)(=O)CCCC(CBr)C(C)(C)C. The number of rotatable bonds is 6. The first kappa shape index (κ1) is 15.4. The lowest BCUT2D eigenvalue weighted by Crippen LogP contribution is -2.22. The van der Waals surface area contributed by atoms with Crippen molar-refractivity contribution >= 4 is 25.8 Å². The van der Waals surface area contributed by atoms with E-state index in [1.54, 1.807) is 6.92 Å². The normalized spacial score (nSPS) is 15.3. The molecule has 1 atom stereocenters. The standard InChI is InChI=1S/C11H23BrO2S/c1-5-15(13,14)8-6-7-10(9-12)11(2,3)4/h10H,5-9H2,1-4H3. The Balaban J connectivity index is 4.05. The molecule has 0 saturated carbocycles. The highest BCUT2D eigenvalue weighted by Gasteiger charge is 2.23. The first-order valence-corrected chi connectivity index (χ1v) is 8.43. The zero-order valence-corrected chi connectivity index (χ0v) is 12.6. The number of alkyl halides is 1. The van der Waals surface area contributed by atoms with Gasteiger partial charge in [0.15, 0.2) is 0 Å². The minimum Gasteiger partial charge on any atom is -0.229 e. The van der Waals surface area contributed by atoms with Gasteiger partial charge in [0.25, 0.3) is 0 Å². The summed E-state index contributed by atoms with van der Waals surface area (Å²) in [6.07, 6.45) is 1.76. The summed E-state index contributed by atoms with van der Waals surface area (Å²) in [5.74, 6) is 1.15. The lowest BCUT2D eigenvalue weighted by Gasteiger charge is -2.29. The van der Waals surface area contributed by atoms with Crippen molar-refractivity contribution in [3.63, 3.8) is 0 Å². The third-order valence-corrected chi connectivity index (χ3v) is 5.43. The summed E-state index contributed by atoms with van der Waals surface area (Å²) in [4.78, 5) is 0. The molecule has 15 heavy (non-hydrogen) atoms. The van der Waals surface area contributed by atoms with Crippen molar-refractivity contribution < 1.29 is 8.42 Å². The van der Waals surface area contributed by atoms with Crippen LogP contribution in [-0.4, -0.2) is 25.3 Å². The van der Waals surface area contributed by atoms with Crippen LogP contribution in [0.3, 0.4) is 0 Å². The maximum absolute atomic E-state index is 11.3. The van der Waals surface area contributed by atoms with E-state index in [0.29, 0.717) is 11.7 Å². The highest BCUT2D eigenvalue weighted by Crippen LogP contribution is 2.31.